The molecular formula is C12H14N2O5. The first-order valence-corrected chi connectivity index (χ1v) is 5.66. The number of hydrogen-bond donors (Lipinski definition) is 3. The Bertz CT molecular complexity index is 460. The van der Waals surface area contributed by atoms with Gasteiger partial charge in [-0.2, -0.15) is 0 Å². The van der Waals surface area contributed by atoms with Gasteiger partial charge in [0.15, 0.2) is 0 Å². The maximum atomic E-state index is 11.7. The molecule has 1 heterocycles. The van der Waals surface area contributed by atoms with E-state index in [0.29, 0.717) is 5.56 Å². The van der Waals surface area contributed by atoms with Crippen LogP contribution in [0.5, 0.6) is 0 Å². The van der Waals surface area contributed by atoms with Gasteiger partial charge in [-0.25, -0.2) is 4.79 Å². The van der Waals surface area contributed by atoms with Crippen LogP contribution in [0.15, 0.2) is 24.5 Å². The fraction of sp³-hybridized carbons (Fsp3) is 0.333. The van der Waals surface area contributed by atoms with E-state index in [0.717, 1.165) is 0 Å². The molecule has 0 saturated carbocycles. The van der Waals surface area contributed by atoms with Crippen LogP contribution in [-0.4, -0.2) is 39.1 Å². The minimum Gasteiger partial charge on any atom is -0.481 e. The highest BCUT2D eigenvalue weighted by atomic mass is 16.4. The summed E-state index contributed by atoms with van der Waals surface area (Å²) in [7, 11) is 0. The average Bonchev–Trinajstić information content (AvgIpc) is 2.37. The summed E-state index contributed by atoms with van der Waals surface area (Å²) in [4.78, 5) is 36.8. The molecule has 0 bridgehead atoms. The van der Waals surface area contributed by atoms with E-state index >= 15 is 0 Å². The normalized spacial score (nSPS) is 11.6. The van der Waals surface area contributed by atoms with Gasteiger partial charge in [-0.3, -0.25) is 14.6 Å². The Morgan fingerprint density at radius 3 is 2.37 bits per heavy atom. The number of amides is 1. The summed E-state index contributed by atoms with van der Waals surface area (Å²) in [6.07, 6.45) is 2.97. The molecule has 1 rings (SSSR count). The highest BCUT2D eigenvalue weighted by molar-refractivity contribution is 5.96. The van der Waals surface area contributed by atoms with Crippen LogP contribution in [-0.2, 0) is 9.59 Å². The van der Waals surface area contributed by atoms with Crippen LogP contribution in [0.1, 0.15) is 29.6 Å². The van der Waals surface area contributed by atoms with Gasteiger partial charge in [-0.1, -0.05) is 0 Å². The smallest absolute Gasteiger partial charge is 0.326 e. The van der Waals surface area contributed by atoms with Crippen molar-refractivity contribution in [2.75, 3.05) is 0 Å². The molecule has 19 heavy (non-hydrogen) atoms. The molecule has 0 aliphatic carbocycles. The second-order valence-electron chi connectivity index (χ2n) is 3.89. The van der Waals surface area contributed by atoms with E-state index in [9.17, 15) is 14.4 Å². The van der Waals surface area contributed by atoms with Crippen LogP contribution in [0.2, 0.25) is 0 Å². The highest BCUT2D eigenvalue weighted by Crippen LogP contribution is 2.04. The van der Waals surface area contributed by atoms with Gasteiger partial charge < -0.3 is 15.5 Å². The molecule has 7 heteroatoms. The number of nitrogens with one attached hydrogen (secondary N) is 1. The van der Waals surface area contributed by atoms with Crippen molar-refractivity contribution in [3.8, 4) is 0 Å². The third-order valence-corrected chi connectivity index (χ3v) is 2.43. The number of nitrogens with zero attached hydrogens (tertiary/aromatic N) is 1. The summed E-state index contributed by atoms with van der Waals surface area (Å²) in [5.74, 6) is -2.71. The number of carbonyl (C=O) groups excluding carboxylic acids is 1. The number of aromatic nitrogens is 1. The van der Waals surface area contributed by atoms with Gasteiger partial charge in [0.1, 0.15) is 6.04 Å². The zero-order valence-electron chi connectivity index (χ0n) is 10.1. The van der Waals surface area contributed by atoms with E-state index in [1.54, 1.807) is 0 Å². The number of hydrogen-bond acceptors (Lipinski definition) is 4. The molecule has 0 unspecified atom stereocenters. The number of rotatable bonds is 7. The first-order valence-electron chi connectivity index (χ1n) is 5.66. The van der Waals surface area contributed by atoms with Crippen LogP contribution in [0.25, 0.3) is 0 Å². The van der Waals surface area contributed by atoms with Crippen molar-refractivity contribution in [2.24, 2.45) is 0 Å². The predicted molar refractivity (Wildman–Crippen MR) is 64.6 cm³/mol. The maximum Gasteiger partial charge on any atom is 0.326 e. The quantitative estimate of drug-likeness (QED) is 0.662. The number of carboxylic acids is 2. The Morgan fingerprint density at radius 1 is 1.21 bits per heavy atom. The fourth-order valence-corrected chi connectivity index (χ4v) is 1.46. The molecule has 0 aliphatic rings. The third-order valence-electron chi connectivity index (χ3n) is 2.43. The molecule has 0 fully saturated rings. The molecule has 1 amide bonds. The third kappa shape index (κ3) is 5.15. The zero-order chi connectivity index (χ0) is 14.3. The van der Waals surface area contributed by atoms with E-state index in [4.69, 9.17) is 10.2 Å². The summed E-state index contributed by atoms with van der Waals surface area (Å²) in [5, 5.41) is 19.8. The number of carboxylic acid groups (broad SMARTS) is 2. The highest BCUT2D eigenvalue weighted by Gasteiger charge is 2.20. The Balaban J connectivity index is 2.56. The largest absolute Gasteiger partial charge is 0.481 e. The molecule has 0 radical (unpaired) electrons. The monoisotopic (exact) mass is 266 g/mol. The minimum absolute atomic E-state index is 0.0679. The van der Waals surface area contributed by atoms with E-state index < -0.39 is 23.9 Å². The molecule has 0 spiro atoms. The van der Waals surface area contributed by atoms with Gasteiger partial charge in [0.05, 0.1) is 0 Å². The van der Waals surface area contributed by atoms with Gasteiger partial charge in [0.2, 0.25) is 0 Å². The zero-order valence-corrected chi connectivity index (χ0v) is 10.1. The summed E-state index contributed by atoms with van der Waals surface area (Å²) in [6, 6.07) is 1.83. The minimum atomic E-state index is -1.19. The molecule has 1 aromatic rings. The van der Waals surface area contributed by atoms with Crippen molar-refractivity contribution in [1.29, 1.82) is 0 Å². The van der Waals surface area contributed by atoms with Gasteiger partial charge in [0.25, 0.3) is 5.91 Å². The lowest BCUT2D eigenvalue weighted by molar-refractivity contribution is -0.140. The van der Waals surface area contributed by atoms with E-state index in [1.165, 1.54) is 24.5 Å². The second-order valence-corrected chi connectivity index (χ2v) is 3.89. The van der Waals surface area contributed by atoms with Crippen molar-refractivity contribution >= 4 is 17.8 Å². The van der Waals surface area contributed by atoms with Crippen LogP contribution < -0.4 is 5.32 Å². The van der Waals surface area contributed by atoms with E-state index in [-0.39, 0.29) is 19.3 Å². The summed E-state index contributed by atoms with van der Waals surface area (Å²) in [5.41, 5.74) is 0.305. The Kier molecular flexibility index (Phi) is 5.46. The lowest BCUT2D eigenvalue weighted by atomic mass is 10.1. The lowest BCUT2D eigenvalue weighted by Crippen LogP contribution is -2.40. The molecule has 1 atom stereocenters. The van der Waals surface area contributed by atoms with Crippen molar-refractivity contribution in [2.45, 2.75) is 25.3 Å². The molecule has 3 N–H and O–H groups in total. The van der Waals surface area contributed by atoms with Gasteiger partial charge in [-0.15, -0.1) is 0 Å². The fourth-order valence-electron chi connectivity index (χ4n) is 1.46. The summed E-state index contributed by atoms with van der Waals surface area (Å²) >= 11 is 0. The molecule has 0 saturated heterocycles. The molecule has 102 valence electrons. The predicted octanol–water partition coefficient (Wildman–Crippen LogP) is 0.520. The van der Waals surface area contributed by atoms with E-state index in [2.05, 4.69) is 10.3 Å². The average molecular weight is 266 g/mol. The van der Waals surface area contributed by atoms with E-state index in [1.807, 2.05) is 0 Å². The van der Waals surface area contributed by atoms with Gasteiger partial charge in [-0.05, 0) is 25.0 Å². The lowest BCUT2D eigenvalue weighted by Gasteiger charge is -2.13. The van der Waals surface area contributed by atoms with Crippen molar-refractivity contribution in [1.82, 2.24) is 10.3 Å². The maximum absolute atomic E-state index is 11.7. The van der Waals surface area contributed by atoms with Crippen LogP contribution in [0.4, 0.5) is 0 Å². The standard InChI is InChI=1S/C12H14N2O5/c15-10(16)3-1-2-9(12(18)19)14-11(17)8-4-6-13-7-5-8/h4-7,9H,1-3H2,(H,14,17)(H,15,16)(H,18,19)/t9-/m1/s1. The molecular weight excluding hydrogens is 252 g/mol. The Labute approximate surface area is 109 Å². The van der Waals surface area contributed by atoms with Gasteiger partial charge in [0, 0.05) is 24.4 Å². The first kappa shape index (κ1) is 14.6. The number of carbonyl (C=O) groups is 3. The molecule has 7 nitrogen and oxygen atoms in total. The number of pyridine rings is 1. The molecule has 0 aromatic carbocycles. The first-order chi connectivity index (χ1) is 9.00. The van der Waals surface area contributed by atoms with Crippen molar-refractivity contribution in [3.05, 3.63) is 30.1 Å². The van der Waals surface area contributed by atoms with Crippen molar-refractivity contribution < 1.29 is 24.6 Å². The molecule has 0 aliphatic heterocycles. The van der Waals surface area contributed by atoms with Crippen LogP contribution in [0.3, 0.4) is 0 Å². The van der Waals surface area contributed by atoms with Crippen LogP contribution in [0, 0.1) is 0 Å². The van der Waals surface area contributed by atoms with Gasteiger partial charge >= 0.3 is 11.9 Å². The topological polar surface area (TPSA) is 117 Å². The summed E-state index contributed by atoms with van der Waals surface area (Å²) < 4.78 is 0. The SMILES string of the molecule is O=C(O)CCC[C@@H](NC(=O)c1ccncc1)C(=O)O. The summed E-state index contributed by atoms with van der Waals surface area (Å²) in [6.45, 7) is 0. The number of aliphatic carboxylic acids is 2. The van der Waals surface area contributed by atoms with Crippen LogP contribution >= 0.6 is 0 Å². The Hall–Kier alpha value is -2.44. The Morgan fingerprint density at radius 2 is 1.84 bits per heavy atom. The van der Waals surface area contributed by atoms with Crippen molar-refractivity contribution in [3.63, 3.8) is 0 Å². The molecule has 1 aromatic heterocycles. The second kappa shape index (κ2) is 7.10.